The molecule has 7 nitrogen and oxygen atoms in total. The molecular formula is C51H59NO6S. The highest BCUT2D eigenvalue weighted by molar-refractivity contribution is 7.09. The Labute approximate surface area is 353 Å². The van der Waals surface area contributed by atoms with Gasteiger partial charge in [-0.3, -0.25) is 14.4 Å². The van der Waals surface area contributed by atoms with Gasteiger partial charge in [0.05, 0.1) is 23.7 Å². The number of amides is 1. The quantitative estimate of drug-likeness (QED) is 0.0991. The van der Waals surface area contributed by atoms with Gasteiger partial charge in [0.2, 0.25) is 0 Å². The lowest BCUT2D eigenvalue weighted by molar-refractivity contribution is -0.177. The largest absolute Gasteiger partial charge is 0.448 e. The van der Waals surface area contributed by atoms with Gasteiger partial charge in [-0.2, -0.15) is 0 Å². The summed E-state index contributed by atoms with van der Waals surface area (Å²) in [5.74, 6) is -0.837. The van der Waals surface area contributed by atoms with Crippen LogP contribution in [0.4, 0.5) is 0 Å². The van der Waals surface area contributed by atoms with Crippen LogP contribution < -0.4 is 0 Å². The van der Waals surface area contributed by atoms with Gasteiger partial charge in [-0.05, 0) is 124 Å². The highest BCUT2D eigenvalue weighted by Crippen LogP contribution is 2.66. The Hall–Kier alpha value is -4.37. The number of nitrogens with zero attached hydrogens (tertiary/aromatic N) is 1. The van der Waals surface area contributed by atoms with Crippen molar-refractivity contribution in [2.75, 3.05) is 13.1 Å². The molecular weight excluding hydrogens is 755 g/mol. The van der Waals surface area contributed by atoms with Crippen molar-refractivity contribution in [3.05, 3.63) is 129 Å². The average Bonchev–Trinajstić information content (AvgIpc) is 3.93. The number of carbonyl (C=O) groups is 3. The Morgan fingerprint density at radius 1 is 0.881 bits per heavy atom. The monoisotopic (exact) mass is 813 g/mol. The van der Waals surface area contributed by atoms with Gasteiger partial charge in [-0.15, -0.1) is 11.3 Å². The first-order valence-corrected chi connectivity index (χ1v) is 22.4. The first-order valence-electron chi connectivity index (χ1n) is 21.6. The van der Waals surface area contributed by atoms with Crippen molar-refractivity contribution >= 4 is 29.0 Å². The summed E-state index contributed by atoms with van der Waals surface area (Å²) < 4.78 is 6.18. The molecule has 310 valence electrons. The number of aliphatic hydroxyl groups is 2. The SMILES string of the molecule is CC1=CCCC2(C)C(CCC2(O)CN(CCc2cccs2)C(=O)C23CCC(C)(C(=O)O2)C3(C)C)c2ccc(cc2C(=O)c2ccccc2-c2ccccc2)CC(O)CC1. The smallest absolute Gasteiger partial charge is 0.313 e. The lowest BCUT2D eigenvalue weighted by atomic mass is 9.64. The topological polar surface area (TPSA) is 104 Å². The zero-order valence-electron chi connectivity index (χ0n) is 35.3. The lowest BCUT2D eigenvalue weighted by Gasteiger charge is -2.47. The van der Waals surface area contributed by atoms with Crippen LogP contribution in [0.3, 0.4) is 0 Å². The molecule has 6 atom stereocenters. The zero-order valence-corrected chi connectivity index (χ0v) is 36.1. The first-order chi connectivity index (χ1) is 28.1. The molecule has 3 fully saturated rings. The summed E-state index contributed by atoms with van der Waals surface area (Å²) in [5.41, 5.74) is 1.12. The van der Waals surface area contributed by atoms with E-state index in [4.69, 9.17) is 4.74 Å². The van der Waals surface area contributed by atoms with Crippen LogP contribution >= 0.6 is 11.3 Å². The number of allylic oxidation sites excluding steroid dienone is 2. The van der Waals surface area contributed by atoms with Crippen LogP contribution in [-0.4, -0.2) is 63.2 Å². The maximum absolute atomic E-state index is 15.2. The van der Waals surface area contributed by atoms with Gasteiger partial charge in [0.25, 0.3) is 5.91 Å². The van der Waals surface area contributed by atoms with E-state index in [1.807, 2.05) is 104 Å². The third kappa shape index (κ3) is 6.93. The third-order valence-corrected chi connectivity index (χ3v) is 16.5. The molecule has 1 aliphatic heterocycles. The summed E-state index contributed by atoms with van der Waals surface area (Å²) in [4.78, 5) is 46.8. The molecule has 5 aliphatic rings. The molecule has 4 aromatic rings. The van der Waals surface area contributed by atoms with Crippen LogP contribution in [0.15, 0.2) is 102 Å². The molecule has 2 N–H and O–H groups in total. The molecule has 1 aromatic heterocycles. The Kier molecular flexibility index (Phi) is 10.9. The molecule has 0 spiro atoms. The number of fused-ring (bicyclic) bond motifs is 10. The van der Waals surface area contributed by atoms with Gasteiger partial charge in [0, 0.05) is 33.4 Å². The van der Waals surface area contributed by atoms with Crippen LogP contribution in [0.25, 0.3) is 11.1 Å². The van der Waals surface area contributed by atoms with Crippen molar-refractivity contribution < 1.29 is 29.3 Å². The number of ketones is 1. The summed E-state index contributed by atoms with van der Waals surface area (Å²) in [5, 5.41) is 26.6. The predicted octanol–water partition coefficient (Wildman–Crippen LogP) is 9.88. The second kappa shape index (κ2) is 15.6. The number of ether oxygens (including phenoxy) is 1. The van der Waals surface area contributed by atoms with Crippen LogP contribution in [0, 0.1) is 16.2 Å². The number of hydrogen-bond acceptors (Lipinski definition) is 7. The van der Waals surface area contributed by atoms with E-state index >= 15 is 9.59 Å². The van der Waals surface area contributed by atoms with Crippen LogP contribution in [-0.2, 0) is 27.2 Å². The molecule has 8 heteroatoms. The maximum atomic E-state index is 15.2. The Morgan fingerprint density at radius 2 is 1.64 bits per heavy atom. The fourth-order valence-corrected chi connectivity index (χ4v) is 11.8. The molecule has 2 saturated carbocycles. The number of thiophene rings is 1. The first kappa shape index (κ1) is 41.4. The molecule has 1 amide bonds. The van der Waals surface area contributed by atoms with E-state index in [0.717, 1.165) is 33.6 Å². The minimum atomic E-state index is -1.33. The standard InChI is InChI=1S/C51H59NO6S/c1-34-13-11-25-48(4)43(40-22-20-35(31-37(53)21-19-34)32-42(40)44(54)41-18-10-9-17-39(41)36-14-7-6-8-15-36)23-26-50(48,57)33-52(29-24-38-16-12-30-59-38)45(55)51-28-27-49(5,46(56)58-51)47(51,2)3/h6-10,12-18,20,22,30,32,37,43,53,57H,11,19,21,23-29,31,33H2,1-5H3. The number of hydrogen-bond donors (Lipinski definition) is 2. The zero-order chi connectivity index (χ0) is 41.8. The highest BCUT2D eigenvalue weighted by Gasteiger charge is 2.76. The van der Waals surface area contributed by atoms with Gasteiger partial charge in [0.1, 0.15) is 0 Å². The van der Waals surface area contributed by atoms with Crippen LogP contribution in [0.2, 0.25) is 0 Å². The second-order valence-electron chi connectivity index (χ2n) is 18.9. The summed E-state index contributed by atoms with van der Waals surface area (Å²) in [6.07, 6.45) is 7.52. The van der Waals surface area contributed by atoms with Crippen molar-refractivity contribution in [2.45, 2.75) is 122 Å². The Morgan fingerprint density at radius 3 is 2.36 bits per heavy atom. The molecule has 4 bridgehead atoms. The molecule has 2 heterocycles. The van der Waals surface area contributed by atoms with E-state index in [1.54, 1.807) is 11.3 Å². The summed E-state index contributed by atoms with van der Waals surface area (Å²) in [7, 11) is 0. The molecule has 1 saturated heterocycles. The Bertz CT molecular complexity index is 2260. The minimum absolute atomic E-state index is 0.0853. The summed E-state index contributed by atoms with van der Waals surface area (Å²) in [6, 6.07) is 27.9. The van der Waals surface area contributed by atoms with Crippen LogP contribution in [0.1, 0.15) is 124 Å². The molecule has 6 unspecified atom stereocenters. The van der Waals surface area contributed by atoms with Crippen molar-refractivity contribution in [1.82, 2.24) is 4.90 Å². The predicted molar refractivity (Wildman–Crippen MR) is 233 cm³/mol. The van der Waals surface area contributed by atoms with Crippen molar-refractivity contribution in [3.8, 4) is 11.1 Å². The molecule has 0 radical (unpaired) electrons. The van der Waals surface area contributed by atoms with E-state index in [9.17, 15) is 15.0 Å². The number of rotatable bonds is 9. The fourth-order valence-electron chi connectivity index (χ4n) is 11.1. The van der Waals surface area contributed by atoms with Gasteiger partial charge >= 0.3 is 5.97 Å². The second-order valence-corrected chi connectivity index (χ2v) is 20.0. The van der Waals surface area contributed by atoms with Crippen LogP contribution in [0.5, 0.6) is 0 Å². The minimum Gasteiger partial charge on any atom is -0.448 e. The van der Waals surface area contributed by atoms with Gasteiger partial charge in [0.15, 0.2) is 11.4 Å². The molecule has 9 rings (SSSR count). The van der Waals surface area contributed by atoms with E-state index in [1.165, 1.54) is 5.57 Å². The van der Waals surface area contributed by atoms with E-state index in [2.05, 4.69) is 32.1 Å². The van der Waals surface area contributed by atoms with Gasteiger partial charge < -0.3 is 19.8 Å². The highest BCUT2D eigenvalue weighted by atomic mass is 32.1. The third-order valence-electron chi connectivity index (χ3n) is 15.5. The molecule has 4 aliphatic carbocycles. The van der Waals surface area contributed by atoms with E-state index < -0.39 is 33.6 Å². The number of benzene rings is 3. The van der Waals surface area contributed by atoms with Crippen molar-refractivity contribution in [3.63, 3.8) is 0 Å². The van der Waals surface area contributed by atoms with Crippen molar-refractivity contribution in [2.24, 2.45) is 16.2 Å². The van der Waals surface area contributed by atoms with Gasteiger partial charge in [-0.25, -0.2) is 0 Å². The average molecular weight is 814 g/mol. The molecule has 3 aromatic carbocycles. The van der Waals surface area contributed by atoms with E-state index in [-0.39, 0.29) is 30.1 Å². The number of aliphatic hydroxyl groups excluding tert-OH is 1. The summed E-state index contributed by atoms with van der Waals surface area (Å²) in [6.45, 7) is 10.6. The maximum Gasteiger partial charge on any atom is 0.313 e. The van der Waals surface area contributed by atoms with Crippen molar-refractivity contribution in [1.29, 1.82) is 0 Å². The fraction of sp³-hybridized carbons (Fsp3) is 0.471. The summed E-state index contributed by atoms with van der Waals surface area (Å²) >= 11 is 1.65. The Balaban J connectivity index is 1.22. The number of esters is 1. The lowest BCUT2D eigenvalue weighted by Crippen LogP contribution is -2.60. The van der Waals surface area contributed by atoms with E-state index in [0.29, 0.717) is 75.5 Å². The normalized spacial score (nSPS) is 30.0. The van der Waals surface area contributed by atoms with Gasteiger partial charge in [-0.1, -0.05) is 105 Å². The number of carbonyl (C=O) groups excluding carboxylic acids is 3. The molecule has 59 heavy (non-hydrogen) atoms.